The Labute approximate surface area is 143 Å². The first kappa shape index (κ1) is 18.3. The van der Waals surface area contributed by atoms with Gasteiger partial charge in [-0.1, -0.05) is 26.2 Å². The maximum Gasteiger partial charge on any atom is 0.229 e. The number of Topliss-reactive ketones (excluding diaryl/α,β-unsaturated/α-hetero) is 1. The number of carbonyl (C=O) groups excluding carboxylic acids is 2. The molecule has 0 bridgehead atoms. The second kappa shape index (κ2) is 8.14. The minimum Gasteiger partial charge on any atom is -0.443 e. The lowest BCUT2D eigenvalue weighted by molar-refractivity contribution is -0.121. The van der Waals surface area contributed by atoms with Crippen LogP contribution in [0.15, 0.2) is 4.42 Å². The molecule has 1 aliphatic carbocycles. The fourth-order valence-electron chi connectivity index (χ4n) is 3.58. The predicted octanol–water partition coefficient (Wildman–Crippen LogP) is 4.60. The van der Waals surface area contributed by atoms with Crippen LogP contribution in [-0.4, -0.2) is 11.7 Å². The van der Waals surface area contributed by atoms with Gasteiger partial charge in [-0.15, -0.1) is 0 Å². The molecule has 1 heterocycles. The molecule has 0 spiro atoms. The van der Waals surface area contributed by atoms with Gasteiger partial charge in [0.05, 0.1) is 5.56 Å². The van der Waals surface area contributed by atoms with Gasteiger partial charge in [0.25, 0.3) is 0 Å². The molecule has 0 aromatic carbocycles. The number of unbranched alkanes of at least 4 members (excludes halogenated alkanes) is 1. The third kappa shape index (κ3) is 4.05. The van der Waals surface area contributed by atoms with Crippen LogP contribution in [0, 0.1) is 30.1 Å². The van der Waals surface area contributed by atoms with Crippen LogP contribution < -0.4 is 5.32 Å². The maximum atomic E-state index is 12.5. The first-order valence-corrected chi connectivity index (χ1v) is 8.83. The van der Waals surface area contributed by atoms with Crippen LogP contribution in [0.2, 0.25) is 0 Å². The summed E-state index contributed by atoms with van der Waals surface area (Å²) in [6.45, 7) is 5.22. The largest absolute Gasteiger partial charge is 0.443 e. The third-order valence-electron chi connectivity index (χ3n) is 4.97. The monoisotopic (exact) mass is 330 g/mol. The lowest BCUT2D eigenvalue weighted by atomic mass is 9.79. The van der Waals surface area contributed by atoms with E-state index >= 15 is 0 Å². The van der Waals surface area contributed by atoms with Gasteiger partial charge in [0, 0.05) is 5.92 Å². The second-order valence-electron chi connectivity index (χ2n) is 6.75. The molecule has 5 heteroatoms. The lowest BCUT2D eigenvalue weighted by Gasteiger charge is -2.27. The molecule has 1 aliphatic rings. The zero-order valence-electron chi connectivity index (χ0n) is 14.8. The molecular weight excluding hydrogens is 304 g/mol. The number of rotatable bonds is 6. The molecule has 0 unspecified atom stereocenters. The highest BCUT2D eigenvalue weighted by Gasteiger charge is 2.28. The molecule has 1 fully saturated rings. The summed E-state index contributed by atoms with van der Waals surface area (Å²) >= 11 is 0. The van der Waals surface area contributed by atoms with E-state index in [4.69, 9.17) is 4.42 Å². The van der Waals surface area contributed by atoms with E-state index < -0.39 is 0 Å². The van der Waals surface area contributed by atoms with Crippen LogP contribution in [0.25, 0.3) is 0 Å². The quantitative estimate of drug-likeness (QED) is 0.773. The number of nitriles is 1. The average molecular weight is 330 g/mol. The van der Waals surface area contributed by atoms with E-state index in [9.17, 15) is 14.9 Å². The highest BCUT2D eigenvalue weighted by Crippen LogP contribution is 2.33. The van der Waals surface area contributed by atoms with Crippen molar-refractivity contribution in [3.05, 3.63) is 16.9 Å². The lowest BCUT2D eigenvalue weighted by Crippen LogP contribution is -2.27. The summed E-state index contributed by atoms with van der Waals surface area (Å²) in [6, 6.07) is 1.98. The van der Waals surface area contributed by atoms with Gasteiger partial charge in [-0.2, -0.15) is 5.26 Å². The molecule has 1 saturated carbocycles. The van der Waals surface area contributed by atoms with Crippen LogP contribution >= 0.6 is 0 Å². The molecule has 0 atom stereocenters. The van der Waals surface area contributed by atoms with Crippen molar-refractivity contribution in [2.75, 3.05) is 5.32 Å². The molecule has 0 aliphatic heterocycles. The highest BCUT2D eigenvalue weighted by molar-refractivity contribution is 6.01. The van der Waals surface area contributed by atoms with Gasteiger partial charge < -0.3 is 4.42 Å². The number of ketones is 1. The molecule has 0 saturated heterocycles. The molecule has 2 rings (SSSR count). The first-order valence-electron chi connectivity index (χ1n) is 8.83. The highest BCUT2D eigenvalue weighted by atomic mass is 16.4. The second-order valence-corrected chi connectivity index (χ2v) is 6.75. The summed E-state index contributed by atoms with van der Waals surface area (Å²) in [5, 5.41) is 12.0. The molecule has 5 nitrogen and oxygen atoms in total. The fraction of sp³-hybridized carbons (Fsp3) is 0.632. The Bertz CT molecular complexity index is 646. The van der Waals surface area contributed by atoms with E-state index in [1.807, 2.05) is 6.07 Å². The van der Waals surface area contributed by atoms with Crippen molar-refractivity contribution in [3.63, 3.8) is 0 Å². The van der Waals surface area contributed by atoms with E-state index in [0.717, 1.165) is 31.6 Å². The normalized spacial score (nSPS) is 20.4. The zero-order valence-corrected chi connectivity index (χ0v) is 14.8. The van der Waals surface area contributed by atoms with Crippen LogP contribution in [0.4, 0.5) is 5.88 Å². The summed E-state index contributed by atoms with van der Waals surface area (Å²) in [6.07, 6.45) is 7.64. The molecule has 24 heavy (non-hydrogen) atoms. The Morgan fingerprint density at radius 1 is 1.29 bits per heavy atom. The van der Waals surface area contributed by atoms with Gasteiger partial charge in [0.15, 0.2) is 5.78 Å². The Morgan fingerprint density at radius 3 is 2.50 bits per heavy atom. The first-order chi connectivity index (χ1) is 11.5. The van der Waals surface area contributed by atoms with E-state index in [2.05, 4.69) is 12.2 Å². The Kier molecular flexibility index (Phi) is 6.19. The average Bonchev–Trinajstić information content (AvgIpc) is 2.88. The minimum atomic E-state index is -0.232. The zero-order chi connectivity index (χ0) is 17.7. The molecule has 0 radical (unpaired) electrons. The van der Waals surface area contributed by atoms with Crippen molar-refractivity contribution < 1.29 is 14.0 Å². The van der Waals surface area contributed by atoms with Gasteiger partial charge in [-0.05, 0) is 45.4 Å². The van der Waals surface area contributed by atoms with Crippen LogP contribution in [0.1, 0.15) is 80.5 Å². The Balaban J connectivity index is 2.00. The van der Waals surface area contributed by atoms with E-state index in [1.165, 1.54) is 26.2 Å². The number of aryl methyl sites for hydroxylation is 1. The van der Waals surface area contributed by atoms with Gasteiger partial charge in [0.2, 0.25) is 11.8 Å². The summed E-state index contributed by atoms with van der Waals surface area (Å²) < 4.78 is 5.46. The number of nitrogens with zero attached hydrogens (tertiary/aromatic N) is 1. The number of nitrogens with one attached hydrogen (secondary N) is 1. The van der Waals surface area contributed by atoms with Gasteiger partial charge in [-0.3, -0.25) is 14.9 Å². The van der Waals surface area contributed by atoms with Crippen LogP contribution in [0.5, 0.6) is 0 Å². The van der Waals surface area contributed by atoms with Gasteiger partial charge >= 0.3 is 0 Å². The smallest absolute Gasteiger partial charge is 0.229 e. The topological polar surface area (TPSA) is 83.1 Å². The SMILES string of the molecule is CCCCC1CCC(C(=O)Nc2oc(C)c(C(C)=O)c2C#N)CC1. The van der Waals surface area contributed by atoms with E-state index in [-0.39, 0.29) is 34.6 Å². The number of hydrogen-bond acceptors (Lipinski definition) is 4. The van der Waals surface area contributed by atoms with Gasteiger partial charge in [0.1, 0.15) is 17.4 Å². The molecular formula is C19H26N2O3. The standard InChI is InChI=1S/C19H26N2O3/c1-4-5-6-14-7-9-15(10-8-14)18(23)21-19-16(11-20)17(12(2)22)13(3)24-19/h14-15H,4-10H2,1-3H3,(H,21,23). The number of hydrogen-bond donors (Lipinski definition) is 1. The summed E-state index contributed by atoms with van der Waals surface area (Å²) in [7, 11) is 0. The molecule has 1 aromatic heterocycles. The van der Waals surface area contributed by atoms with Crippen molar-refractivity contribution >= 4 is 17.6 Å². The number of amides is 1. The molecule has 1 aromatic rings. The van der Waals surface area contributed by atoms with Crippen molar-refractivity contribution in [1.82, 2.24) is 0 Å². The third-order valence-corrected chi connectivity index (χ3v) is 4.97. The maximum absolute atomic E-state index is 12.5. The Morgan fingerprint density at radius 2 is 1.96 bits per heavy atom. The fourth-order valence-corrected chi connectivity index (χ4v) is 3.58. The van der Waals surface area contributed by atoms with Crippen LogP contribution in [0.3, 0.4) is 0 Å². The number of furan rings is 1. The van der Waals surface area contributed by atoms with E-state index in [0.29, 0.717) is 5.76 Å². The molecule has 130 valence electrons. The summed E-state index contributed by atoms with van der Waals surface area (Å²) in [5.41, 5.74) is 0.390. The van der Waals surface area contributed by atoms with Gasteiger partial charge in [-0.25, -0.2) is 0 Å². The van der Waals surface area contributed by atoms with Crippen molar-refractivity contribution in [2.45, 2.75) is 65.7 Å². The molecule has 1 N–H and O–H groups in total. The number of carbonyl (C=O) groups is 2. The summed E-state index contributed by atoms with van der Waals surface area (Å²) in [5.74, 6) is 0.837. The Hall–Kier alpha value is -2.09. The molecule has 1 amide bonds. The van der Waals surface area contributed by atoms with Crippen molar-refractivity contribution in [2.24, 2.45) is 11.8 Å². The van der Waals surface area contributed by atoms with Crippen molar-refractivity contribution in [1.29, 1.82) is 5.26 Å². The van der Waals surface area contributed by atoms with Crippen molar-refractivity contribution in [3.8, 4) is 6.07 Å². The summed E-state index contributed by atoms with van der Waals surface area (Å²) in [4.78, 5) is 24.1. The van der Waals surface area contributed by atoms with Crippen LogP contribution in [-0.2, 0) is 4.79 Å². The number of anilines is 1. The van der Waals surface area contributed by atoms with E-state index in [1.54, 1.807) is 6.92 Å². The minimum absolute atomic E-state index is 0.0411. The predicted molar refractivity (Wildman–Crippen MR) is 91.8 cm³/mol.